The van der Waals surface area contributed by atoms with Crippen LogP contribution < -0.4 is 4.74 Å². The molecule has 1 aromatic carbocycles. The van der Waals surface area contributed by atoms with Crippen molar-refractivity contribution >= 4 is 10.0 Å². The lowest BCUT2D eigenvalue weighted by Crippen LogP contribution is -2.47. The second-order valence-corrected chi connectivity index (χ2v) is 9.47. The molecule has 2 heterocycles. The number of β-amino-alcohol motifs (C(OH)–C–C–N with tert-alkyl or cyclic N) is 1. The molecule has 0 aliphatic carbocycles. The number of ether oxygens (including phenoxy) is 1. The molecule has 1 saturated heterocycles. The van der Waals surface area contributed by atoms with Crippen LogP contribution in [0.3, 0.4) is 0 Å². The Balaban J connectivity index is 1.97. The van der Waals surface area contributed by atoms with Gasteiger partial charge in [-0.15, -0.1) is 0 Å². The molecule has 0 saturated carbocycles. The van der Waals surface area contributed by atoms with Crippen molar-refractivity contribution in [2.75, 3.05) is 32.8 Å². The Morgan fingerprint density at radius 2 is 1.92 bits per heavy atom. The molecular weight excluding hydrogens is 352 g/mol. The number of aliphatic hydroxyl groups excluding tert-OH is 1. The predicted octanol–water partition coefficient (Wildman–Crippen LogP) is 1.94. The molecule has 146 valence electrons. The molecule has 6 nitrogen and oxygen atoms in total. The fraction of sp³-hybridized carbons (Fsp3) is 0.684. The molecule has 2 aliphatic heterocycles. The molecule has 1 aromatic rings. The molecule has 0 radical (unpaired) electrons. The van der Waals surface area contributed by atoms with Crippen molar-refractivity contribution in [3.8, 4) is 5.75 Å². The van der Waals surface area contributed by atoms with Gasteiger partial charge in [0.15, 0.2) is 0 Å². The lowest BCUT2D eigenvalue weighted by Gasteiger charge is -2.32. The van der Waals surface area contributed by atoms with Gasteiger partial charge in [0.25, 0.3) is 0 Å². The Hall–Kier alpha value is -1.15. The van der Waals surface area contributed by atoms with E-state index in [1.807, 2.05) is 6.07 Å². The first kappa shape index (κ1) is 19.6. The minimum absolute atomic E-state index is 0.119. The van der Waals surface area contributed by atoms with Gasteiger partial charge in [0.05, 0.1) is 12.6 Å². The quantitative estimate of drug-likeness (QED) is 0.843. The van der Waals surface area contributed by atoms with E-state index in [1.165, 1.54) is 0 Å². The summed E-state index contributed by atoms with van der Waals surface area (Å²) in [6.07, 6.45) is 2.14. The number of para-hydroxylation sites is 1. The molecule has 3 rings (SSSR count). The highest BCUT2D eigenvalue weighted by Crippen LogP contribution is 2.36. The Bertz CT molecular complexity index is 707. The molecular formula is C19H30N2O4S. The summed E-state index contributed by atoms with van der Waals surface area (Å²) in [6, 6.07) is 6.81. The summed E-state index contributed by atoms with van der Waals surface area (Å²) in [5.41, 5.74) is 0. The van der Waals surface area contributed by atoms with Gasteiger partial charge in [0.2, 0.25) is 10.0 Å². The first-order valence-electron chi connectivity index (χ1n) is 9.54. The van der Waals surface area contributed by atoms with Gasteiger partial charge < -0.3 is 14.7 Å². The number of fused-ring (bicyclic) bond motifs is 2. The third-order valence-electron chi connectivity index (χ3n) is 5.33. The van der Waals surface area contributed by atoms with Crippen LogP contribution in [0.2, 0.25) is 0 Å². The summed E-state index contributed by atoms with van der Waals surface area (Å²) >= 11 is 0. The highest BCUT2D eigenvalue weighted by Gasteiger charge is 2.42. The van der Waals surface area contributed by atoms with E-state index in [9.17, 15) is 13.5 Å². The topological polar surface area (TPSA) is 70.1 Å². The second kappa shape index (κ2) is 8.25. The minimum atomic E-state index is -3.59. The van der Waals surface area contributed by atoms with Gasteiger partial charge in [0.1, 0.15) is 16.7 Å². The summed E-state index contributed by atoms with van der Waals surface area (Å²) in [5.74, 6) is 0.893. The van der Waals surface area contributed by atoms with Crippen LogP contribution in [0.5, 0.6) is 5.75 Å². The van der Waals surface area contributed by atoms with Crippen LogP contribution in [0.1, 0.15) is 33.1 Å². The molecule has 0 unspecified atom stereocenters. The van der Waals surface area contributed by atoms with Crippen LogP contribution in [0.4, 0.5) is 0 Å². The van der Waals surface area contributed by atoms with Gasteiger partial charge in [-0.1, -0.05) is 26.0 Å². The Labute approximate surface area is 156 Å². The number of rotatable bonds is 5. The lowest BCUT2D eigenvalue weighted by molar-refractivity contribution is 0.111. The average Bonchev–Trinajstić information content (AvgIpc) is 2.83. The first-order chi connectivity index (χ1) is 12.4. The molecule has 0 aromatic heterocycles. The fourth-order valence-electron chi connectivity index (χ4n) is 3.85. The molecule has 2 atom stereocenters. The van der Waals surface area contributed by atoms with Crippen molar-refractivity contribution in [1.82, 2.24) is 9.21 Å². The summed E-state index contributed by atoms with van der Waals surface area (Å²) in [4.78, 5) is 2.47. The molecule has 0 spiro atoms. The van der Waals surface area contributed by atoms with Gasteiger partial charge in [-0.25, -0.2) is 8.42 Å². The second-order valence-electron chi connectivity index (χ2n) is 7.61. The number of hydrogen-bond donors (Lipinski definition) is 1. The van der Waals surface area contributed by atoms with Crippen molar-refractivity contribution in [1.29, 1.82) is 0 Å². The van der Waals surface area contributed by atoms with E-state index in [2.05, 4.69) is 18.7 Å². The van der Waals surface area contributed by atoms with Gasteiger partial charge >= 0.3 is 0 Å². The lowest BCUT2D eigenvalue weighted by atomic mass is 10.0. The zero-order valence-corrected chi connectivity index (χ0v) is 16.5. The smallest absolute Gasteiger partial charge is 0.247 e. The van der Waals surface area contributed by atoms with Crippen molar-refractivity contribution in [2.45, 2.75) is 50.2 Å². The molecule has 7 heteroatoms. The Kier molecular flexibility index (Phi) is 6.22. The largest absolute Gasteiger partial charge is 0.487 e. The standard InChI is InChI=1S/C19H30N2O4S/c1-15(2)7-12-21-16-8-10-20(13-14-22)11-9-17(16)25-18-5-3-4-6-19(18)26(21,23)24/h3-6,15-17,22H,7-14H2,1-2H3/t16-,17-/m0/s1. The van der Waals surface area contributed by atoms with Crippen molar-refractivity contribution < 1.29 is 18.3 Å². The van der Waals surface area contributed by atoms with E-state index in [0.717, 1.165) is 32.4 Å². The van der Waals surface area contributed by atoms with E-state index < -0.39 is 10.0 Å². The van der Waals surface area contributed by atoms with E-state index >= 15 is 0 Å². The fourth-order valence-corrected chi connectivity index (χ4v) is 5.66. The van der Waals surface area contributed by atoms with Crippen LogP contribution >= 0.6 is 0 Å². The monoisotopic (exact) mass is 382 g/mol. The number of sulfonamides is 1. The maximum atomic E-state index is 13.4. The summed E-state index contributed by atoms with van der Waals surface area (Å²) in [5, 5.41) is 9.25. The van der Waals surface area contributed by atoms with Gasteiger partial charge in [-0.05, 0) is 43.9 Å². The third-order valence-corrected chi connectivity index (χ3v) is 7.29. The number of aliphatic hydroxyl groups is 1. The zero-order chi connectivity index (χ0) is 18.7. The Morgan fingerprint density at radius 3 is 2.65 bits per heavy atom. The maximum absolute atomic E-state index is 13.4. The summed E-state index contributed by atoms with van der Waals surface area (Å²) in [7, 11) is -3.59. The van der Waals surface area contributed by atoms with Crippen LogP contribution in [0.15, 0.2) is 29.2 Å². The molecule has 1 N–H and O–H groups in total. The van der Waals surface area contributed by atoms with E-state index in [4.69, 9.17) is 4.74 Å². The van der Waals surface area contributed by atoms with E-state index in [1.54, 1.807) is 22.5 Å². The normalized spacial score (nSPS) is 26.5. The highest BCUT2D eigenvalue weighted by atomic mass is 32.2. The predicted molar refractivity (Wildman–Crippen MR) is 101 cm³/mol. The first-order valence-corrected chi connectivity index (χ1v) is 11.0. The molecule has 0 bridgehead atoms. The highest BCUT2D eigenvalue weighted by molar-refractivity contribution is 7.89. The molecule has 2 aliphatic rings. The van der Waals surface area contributed by atoms with Crippen molar-refractivity contribution in [3.63, 3.8) is 0 Å². The molecule has 1 fully saturated rings. The van der Waals surface area contributed by atoms with Gasteiger partial charge in [-0.2, -0.15) is 4.31 Å². The molecule has 0 amide bonds. The SMILES string of the molecule is CC(C)CCN1[C@H]2CCN(CCO)CC[C@@H]2Oc2ccccc2S1(=O)=O. The van der Waals surface area contributed by atoms with Crippen molar-refractivity contribution in [3.05, 3.63) is 24.3 Å². The average molecular weight is 383 g/mol. The van der Waals surface area contributed by atoms with Crippen LogP contribution in [-0.4, -0.2) is 67.7 Å². The molecule has 26 heavy (non-hydrogen) atoms. The minimum Gasteiger partial charge on any atom is -0.487 e. The Morgan fingerprint density at radius 1 is 1.19 bits per heavy atom. The number of likely N-dealkylation sites (tertiary alicyclic amines) is 1. The number of nitrogens with zero attached hydrogens (tertiary/aromatic N) is 2. The number of benzene rings is 1. The van der Waals surface area contributed by atoms with Crippen LogP contribution in [-0.2, 0) is 10.0 Å². The van der Waals surface area contributed by atoms with E-state index in [-0.39, 0.29) is 23.6 Å². The van der Waals surface area contributed by atoms with Crippen LogP contribution in [0, 0.1) is 5.92 Å². The summed E-state index contributed by atoms with van der Waals surface area (Å²) in [6.45, 7) is 7.06. The van der Waals surface area contributed by atoms with E-state index in [0.29, 0.717) is 24.8 Å². The van der Waals surface area contributed by atoms with Gasteiger partial charge in [0, 0.05) is 19.6 Å². The third kappa shape index (κ3) is 4.06. The summed E-state index contributed by atoms with van der Waals surface area (Å²) < 4.78 is 34.7. The van der Waals surface area contributed by atoms with Crippen molar-refractivity contribution in [2.24, 2.45) is 5.92 Å². The zero-order valence-electron chi connectivity index (χ0n) is 15.7. The van der Waals surface area contributed by atoms with Gasteiger partial charge in [-0.3, -0.25) is 0 Å². The maximum Gasteiger partial charge on any atom is 0.247 e. The number of hydrogen-bond acceptors (Lipinski definition) is 5. The van der Waals surface area contributed by atoms with Crippen LogP contribution in [0.25, 0.3) is 0 Å².